The summed E-state index contributed by atoms with van der Waals surface area (Å²) in [6.45, 7) is 4.03. The van der Waals surface area contributed by atoms with Crippen molar-refractivity contribution in [2.24, 2.45) is 0 Å². The number of nitrogens with one attached hydrogen (secondary N) is 1. The molecule has 7 rings (SSSR count). The molecule has 0 aliphatic carbocycles. The number of fused-ring (bicyclic) bond motifs is 1. The predicted octanol–water partition coefficient (Wildman–Crippen LogP) is 6.09. The molecule has 1 unspecified atom stereocenters. The Hall–Kier alpha value is -3.47. The van der Waals surface area contributed by atoms with Crippen LogP contribution in [0, 0.1) is 6.92 Å². The molecule has 1 N–H and O–H groups in total. The Labute approximate surface area is 275 Å². The first-order valence-corrected chi connectivity index (χ1v) is 19.1. The molecule has 1 saturated heterocycles. The third-order valence-corrected chi connectivity index (χ3v) is 14.1. The lowest BCUT2D eigenvalue weighted by atomic mass is 10.1. The van der Waals surface area contributed by atoms with E-state index in [1.165, 1.54) is 27.7 Å². The molecule has 15 heteroatoms. The number of benzene rings is 1. The highest BCUT2D eigenvalue weighted by Crippen LogP contribution is 2.34. The van der Waals surface area contributed by atoms with Crippen LogP contribution in [-0.4, -0.2) is 63.7 Å². The number of thiazole rings is 2. The van der Waals surface area contributed by atoms with Crippen LogP contribution in [-0.2, 0) is 16.4 Å². The molecular weight excluding hydrogens is 667 g/mol. The number of pyridine rings is 1. The van der Waals surface area contributed by atoms with E-state index in [1.54, 1.807) is 34.6 Å². The van der Waals surface area contributed by atoms with Gasteiger partial charge in [-0.2, -0.15) is 16.7 Å². The first kappa shape index (κ1) is 30.2. The fraction of sp³-hybridized carbons (Fsp3) is 0.233. The minimum Gasteiger partial charge on any atom is -0.324 e. The van der Waals surface area contributed by atoms with Crippen molar-refractivity contribution in [1.82, 2.24) is 29.4 Å². The summed E-state index contributed by atoms with van der Waals surface area (Å²) >= 11 is 5.60. The van der Waals surface area contributed by atoms with Crippen LogP contribution in [0.2, 0.25) is 0 Å². The Morgan fingerprint density at radius 2 is 1.89 bits per heavy atom. The molecule has 1 atom stereocenters. The number of thiophene rings is 1. The van der Waals surface area contributed by atoms with Gasteiger partial charge in [0.2, 0.25) is 20.1 Å². The van der Waals surface area contributed by atoms with E-state index in [0.717, 1.165) is 52.1 Å². The maximum atomic E-state index is 14.1. The van der Waals surface area contributed by atoms with Crippen molar-refractivity contribution in [2.75, 3.05) is 31.2 Å². The number of nitrogens with zero attached hydrogens (tertiary/aromatic N) is 6. The summed E-state index contributed by atoms with van der Waals surface area (Å²) in [5.74, 6) is 1.44. The number of rotatable bonds is 8. The molecule has 45 heavy (non-hydrogen) atoms. The maximum absolute atomic E-state index is 14.1. The third-order valence-electron chi connectivity index (χ3n) is 7.55. The van der Waals surface area contributed by atoms with Crippen molar-refractivity contribution in [3.8, 4) is 11.3 Å². The molecule has 1 fully saturated rings. The van der Waals surface area contributed by atoms with E-state index in [4.69, 9.17) is 4.98 Å². The number of hydrogen-bond donors (Lipinski definition) is 1. The highest BCUT2D eigenvalue weighted by Gasteiger charge is 2.27. The first-order valence-electron chi connectivity index (χ1n) is 14.0. The van der Waals surface area contributed by atoms with Crippen molar-refractivity contribution >= 4 is 78.3 Å². The van der Waals surface area contributed by atoms with E-state index in [2.05, 4.69) is 44.3 Å². The number of anilines is 2. The first-order chi connectivity index (χ1) is 21.8. The summed E-state index contributed by atoms with van der Waals surface area (Å²) in [6, 6.07) is 11.8. The molecule has 6 heterocycles. The van der Waals surface area contributed by atoms with Gasteiger partial charge in [0, 0.05) is 63.4 Å². The highest BCUT2D eigenvalue weighted by atomic mass is 32.3. The molecule has 1 aliphatic rings. The number of thioether (sulfide) groups is 1. The number of likely N-dealkylation sites (N-methyl/N-ethyl adjacent to an activating group) is 1. The fourth-order valence-corrected chi connectivity index (χ4v) is 11.1. The van der Waals surface area contributed by atoms with Gasteiger partial charge in [0.25, 0.3) is 5.56 Å². The Balaban J connectivity index is 1.28. The summed E-state index contributed by atoms with van der Waals surface area (Å²) in [5, 5.41) is 7.69. The molecule has 0 radical (unpaired) electrons. The van der Waals surface area contributed by atoms with Gasteiger partial charge in [0.1, 0.15) is 9.86 Å². The van der Waals surface area contributed by atoms with Gasteiger partial charge in [-0.1, -0.05) is 12.1 Å². The second-order valence-corrected chi connectivity index (χ2v) is 17.1. The van der Waals surface area contributed by atoms with Crippen LogP contribution in [0.15, 0.2) is 78.4 Å². The van der Waals surface area contributed by atoms with Gasteiger partial charge >= 0.3 is 0 Å². The van der Waals surface area contributed by atoms with Gasteiger partial charge in [0.05, 0.1) is 23.3 Å². The minimum absolute atomic E-state index is 0.00551. The summed E-state index contributed by atoms with van der Waals surface area (Å²) in [7, 11) is -1.69. The molecule has 0 spiro atoms. The summed E-state index contributed by atoms with van der Waals surface area (Å²) in [5.41, 5.74) is 5.36. The smallest absolute Gasteiger partial charge is 0.262 e. The molecule has 230 valence electrons. The van der Waals surface area contributed by atoms with Crippen LogP contribution >= 0.6 is 45.8 Å². The molecule has 1 aliphatic heterocycles. The number of aromatic nitrogens is 5. The number of sulfone groups is 1. The van der Waals surface area contributed by atoms with Gasteiger partial charge in [-0.25, -0.2) is 23.4 Å². The third kappa shape index (κ3) is 5.95. The normalized spacial score (nSPS) is 15.9. The van der Waals surface area contributed by atoms with Gasteiger partial charge in [-0.05, 0) is 49.2 Å². The molecule has 6 aromatic rings. The largest absolute Gasteiger partial charge is 0.324 e. The van der Waals surface area contributed by atoms with Crippen molar-refractivity contribution in [3.63, 3.8) is 0 Å². The molecule has 0 amide bonds. The Bertz CT molecular complexity index is 2160. The van der Waals surface area contributed by atoms with E-state index in [-0.39, 0.29) is 20.7 Å². The lowest BCUT2D eigenvalue weighted by molar-refractivity contribution is 0.347. The van der Waals surface area contributed by atoms with E-state index in [0.29, 0.717) is 39.1 Å². The van der Waals surface area contributed by atoms with Crippen LogP contribution < -0.4 is 10.9 Å². The van der Waals surface area contributed by atoms with Crippen molar-refractivity contribution in [1.29, 1.82) is 0 Å². The topological polar surface area (TPSA) is 123 Å². The van der Waals surface area contributed by atoms with Gasteiger partial charge in [0.15, 0.2) is 0 Å². The molecule has 5 aromatic heterocycles. The van der Waals surface area contributed by atoms with Gasteiger partial charge in [-0.15, -0.1) is 34.0 Å². The molecule has 0 saturated carbocycles. The van der Waals surface area contributed by atoms with Gasteiger partial charge < -0.3 is 10.2 Å². The SMILES string of the molecule is Cc1scnc1-c1cc2cnc(Nc3ccc(C4CN(C)CCS4)cc3)nc2n(Cc2ccsc2S(=O)(=O)c2nccs2)c1=O. The summed E-state index contributed by atoms with van der Waals surface area (Å²) in [6.07, 6.45) is 3.14. The van der Waals surface area contributed by atoms with Crippen molar-refractivity contribution < 1.29 is 8.42 Å². The molecular formula is C30H27N7O3S5. The van der Waals surface area contributed by atoms with Crippen molar-refractivity contribution in [3.05, 3.63) is 91.4 Å². The van der Waals surface area contributed by atoms with Crippen LogP contribution in [0.4, 0.5) is 11.6 Å². The average molecular weight is 694 g/mol. The minimum atomic E-state index is -3.84. The lowest BCUT2D eigenvalue weighted by Gasteiger charge is -2.29. The molecule has 0 bridgehead atoms. The van der Waals surface area contributed by atoms with E-state index < -0.39 is 9.84 Å². The zero-order valence-electron chi connectivity index (χ0n) is 24.2. The zero-order chi connectivity index (χ0) is 31.1. The standard InChI is InChI=1S/C30H27N7O3S5/c1-18-25(33-17-44-18)23-13-21-14-32-29(34-22-5-3-19(4-6-22)24-16-36(2)9-12-41-24)35-26(21)37(27(23)38)15-20-7-10-42-28(20)45(39,40)30-31-8-11-43-30/h3-8,10-11,13-14,17,24H,9,12,15-16H2,1-2H3,(H,32,34,35). The predicted molar refractivity (Wildman–Crippen MR) is 183 cm³/mol. The van der Waals surface area contributed by atoms with E-state index >= 15 is 0 Å². The Morgan fingerprint density at radius 3 is 2.62 bits per heavy atom. The molecule has 10 nitrogen and oxygen atoms in total. The van der Waals surface area contributed by atoms with Gasteiger partial charge in [-0.3, -0.25) is 9.36 Å². The Kier molecular flexibility index (Phi) is 8.31. The summed E-state index contributed by atoms with van der Waals surface area (Å²) in [4.78, 5) is 35.2. The van der Waals surface area contributed by atoms with E-state index in [9.17, 15) is 13.2 Å². The Morgan fingerprint density at radius 1 is 1.04 bits per heavy atom. The second-order valence-electron chi connectivity index (χ2n) is 10.6. The van der Waals surface area contributed by atoms with Crippen LogP contribution in [0.3, 0.4) is 0 Å². The second kappa shape index (κ2) is 12.4. The van der Waals surface area contributed by atoms with Crippen LogP contribution in [0.1, 0.15) is 21.3 Å². The van der Waals surface area contributed by atoms with Crippen LogP contribution in [0.25, 0.3) is 22.3 Å². The van der Waals surface area contributed by atoms with Crippen LogP contribution in [0.5, 0.6) is 0 Å². The lowest BCUT2D eigenvalue weighted by Crippen LogP contribution is -2.30. The number of aryl methyl sites for hydroxylation is 1. The quantitative estimate of drug-likeness (QED) is 0.201. The fourth-order valence-electron chi connectivity index (χ4n) is 5.26. The van der Waals surface area contributed by atoms with Crippen molar-refractivity contribution in [2.45, 2.75) is 27.3 Å². The van der Waals surface area contributed by atoms with E-state index in [1.807, 2.05) is 30.8 Å². The highest BCUT2D eigenvalue weighted by molar-refractivity contribution is 7.99. The average Bonchev–Trinajstić information content (AvgIpc) is 3.82. The maximum Gasteiger partial charge on any atom is 0.262 e. The monoisotopic (exact) mass is 693 g/mol. The zero-order valence-corrected chi connectivity index (χ0v) is 28.3. The molecule has 1 aromatic carbocycles. The number of hydrogen-bond acceptors (Lipinski definition) is 13. The summed E-state index contributed by atoms with van der Waals surface area (Å²) < 4.78 is 28.6.